The number of pyridine rings is 1. The smallest absolute Gasteiger partial charge is 0.200 e. The van der Waals surface area contributed by atoms with Gasteiger partial charge >= 0.3 is 0 Å². The van der Waals surface area contributed by atoms with Crippen LogP contribution in [0.5, 0.6) is 0 Å². The van der Waals surface area contributed by atoms with Crippen LogP contribution in [0.3, 0.4) is 0 Å². The zero-order valence-electron chi connectivity index (χ0n) is 18.1. The Labute approximate surface area is 186 Å². The molecule has 2 fully saturated rings. The molecule has 0 amide bonds. The first-order valence-electron chi connectivity index (χ1n) is 11.1. The highest BCUT2D eigenvalue weighted by atomic mass is 19.1. The maximum atomic E-state index is 15.1. The van der Waals surface area contributed by atoms with Gasteiger partial charge in [0.2, 0.25) is 5.43 Å². The van der Waals surface area contributed by atoms with Crippen LogP contribution in [0.1, 0.15) is 40.4 Å². The number of nitrogens with zero attached hydrogens (tertiary/aromatic N) is 2. The third-order valence-electron chi connectivity index (χ3n) is 6.27. The summed E-state index contributed by atoms with van der Waals surface area (Å²) in [5.74, 6) is -0.780. The molecule has 2 heterocycles. The van der Waals surface area contributed by atoms with Gasteiger partial charge in [0.1, 0.15) is 5.82 Å². The van der Waals surface area contributed by atoms with Gasteiger partial charge < -0.3 is 14.8 Å². The van der Waals surface area contributed by atoms with Crippen LogP contribution >= 0.6 is 0 Å². The summed E-state index contributed by atoms with van der Waals surface area (Å²) in [4.78, 5) is 28.1. The second kappa shape index (κ2) is 8.36. The number of aryl methyl sites for hydroxylation is 1. The molecule has 2 aliphatic rings. The van der Waals surface area contributed by atoms with E-state index in [2.05, 4.69) is 5.32 Å². The van der Waals surface area contributed by atoms with Crippen molar-refractivity contribution in [3.05, 3.63) is 81.4 Å². The Morgan fingerprint density at radius 1 is 1.12 bits per heavy atom. The van der Waals surface area contributed by atoms with E-state index in [-0.39, 0.29) is 22.8 Å². The average Bonchev–Trinajstić information content (AvgIpc) is 3.65. The second-order valence-corrected chi connectivity index (χ2v) is 8.68. The number of anilines is 1. The maximum absolute atomic E-state index is 15.1. The molecule has 0 radical (unpaired) electrons. The molecule has 1 aromatic heterocycles. The van der Waals surface area contributed by atoms with E-state index in [9.17, 15) is 9.59 Å². The number of aromatic nitrogens is 1. The lowest BCUT2D eigenvalue weighted by Gasteiger charge is -2.30. The van der Waals surface area contributed by atoms with Crippen LogP contribution in [0, 0.1) is 12.7 Å². The van der Waals surface area contributed by atoms with Gasteiger partial charge in [-0.3, -0.25) is 9.59 Å². The molecule has 6 heteroatoms. The molecule has 32 heavy (non-hydrogen) atoms. The van der Waals surface area contributed by atoms with Crippen LogP contribution in [-0.4, -0.2) is 36.5 Å². The minimum atomic E-state index is -0.418. The van der Waals surface area contributed by atoms with Crippen LogP contribution in [0.15, 0.2) is 53.5 Å². The summed E-state index contributed by atoms with van der Waals surface area (Å²) in [7, 11) is 0. The standard InChI is InChI=1S/C26H26FN3O2/c1-17-2-4-18(5-3-17)6-9-25(31)21-16-30(19-7-8-19)23-15-24(29-12-10-28-11-13-29)22(27)14-20(23)26(21)32/h2-6,9,14-16,19,28H,7-8,10-13H2,1H3. The van der Waals surface area contributed by atoms with Crippen LogP contribution in [0.25, 0.3) is 17.0 Å². The van der Waals surface area contributed by atoms with E-state index in [1.807, 2.05) is 40.7 Å². The molecule has 164 valence electrons. The molecule has 5 nitrogen and oxygen atoms in total. The molecule has 1 aliphatic heterocycles. The molecule has 0 bridgehead atoms. The van der Waals surface area contributed by atoms with E-state index < -0.39 is 11.2 Å². The minimum Gasteiger partial charge on any atom is -0.367 e. The lowest BCUT2D eigenvalue weighted by Crippen LogP contribution is -2.43. The van der Waals surface area contributed by atoms with Gasteiger partial charge in [-0.15, -0.1) is 0 Å². The van der Waals surface area contributed by atoms with Crippen molar-refractivity contribution < 1.29 is 9.18 Å². The highest BCUT2D eigenvalue weighted by Gasteiger charge is 2.27. The highest BCUT2D eigenvalue weighted by molar-refractivity contribution is 6.08. The number of piperazine rings is 1. The van der Waals surface area contributed by atoms with E-state index in [4.69, 9.17) is 0 Å². The summed E-state index contributed by atoms with van der Waals surface area (Å²) in [6.07, 6.45) is 6.79. The largest absolute Gasteiger partial charge is 0.367 e. The fourth-order valence-electron chi connectivity index (χ4n) is 4.28. The highest BCUT2D eigenvalue weighted by Crippen LogP contribution is 2.38. The molecule has 1 saturated heterocycles. The predicted octanol–water partition coefficient (Wildman–Crippen LogP) is 4.09. The number of fused-ring (bicyclic) bond motifs is 1. The molecular weight excluding hydrogens is 405 g/mol. The number of ketones is 1. The number of benzene rings is 2. The van der Waals surface area contributed by atoms with Crippen molar-refractivity contribution in [2.45, 2.75) is 25.8 Å². The lowest BCUT2D eigenvalue weighted by molar-refractivity contribution is 0.104. The first-order valence-corrected chi connectivity index (χ1v) is 11.1. The van der Waals surface area contributed by atoms with Crippen LogP contribution in [0.4, 0.5) is 10.1 Å². The molecule has 0 spiro atoms. The van der Waals surface area contributed by atoms with Gasteiger partial charge in [0, 0.05) is 43.8 Å². The number of hydrogen-bond donors (Lipinski definition) is 1. The number of nitrogens with one attached hydrogen (secondary N) is 1. The molecule has 0 unspecified atom stereocenters. The Balaban J connectivity index is 1.57. The summed E-state index contributed by atoms with van der Waals surface area (Å²) >= 11 is 0. The molecule has 5 rings (SSSR count). The normalized spacial score (nSPS) is 16.8. The molecule has 2 aromatic carbocycles. The van der Waals surface area contributed by atoms with Crippen molar-refractivity contribution in [1.29, 1.82) is 0 Å². The molecule has 1 saturated carbocycles. The van der Waals surface area contributed by atoms with Gasteiger partial charge in [0.15, 0.2) is 5.78 Å². The van der Waals surface area contributed by atoms with Gasteiger partial charge in [-0.05, 0) is 43.5 Å². The third kappa shape index (κ3) is 3.98. The molecule has 0 atom stereocenters. The van der Waals surface area contributed by atoms with Crippen molar-refractivity contribution in [2.24, 2.45) is 0 Å². The van der Waals surface area contributed by atoms with E-state index >= 15 is 4.39 Å². The quantitative estimate of drug-likeness (QED) is 0.488. The Hall–Kier alpha value is -3.25. The van der Waals surface area contributed by atoms with Crippen molar-refractivity contribution in [3.8, 4) is 0 Å². The Morgan fingerprint density at radius 3 is 2.53 bits per heavy atom. The monoisotopic (exact) mass is 431 g/mol. The summed E-state index contributed by atoms with van der Waals surface area (Å²) < 4.78 is 17.1. The molecule has 1 aliphatic carbocycles. The minimum absolute atomic E-state index is 0.0853. The van der Waals surface area contributed by atoms with Gasteiger partial charge in [-0.1, -0.05) is 35.9 Å². The fourth-order valence-corrected chi connectivity index (χ4v) is 4.28. The van der Waals surface area contributed by atoms with E-state index in [0.717, 1.165) is 50.1 Å². The van der Waals surface area contributed by atoms with Crippen molar-refractivity contribution in [2.75, 3.05) is 31.1 Å². The number of allylic oxidation sites excluding steroid dienone is 1. The summed E-state index contributed by atoms with van der Waals surface area (Å²) in [6, 6.07) is 11.1. The van der Waals surface area contributed by atoms with Gasteiger partial charge in [-0.25, -0.2) is 4.39 Å². The molecule has 1 N–H and O–H groups in total. The summed E-state index contributed by atoms with van der Waals surface area (Å²) in [5, 5.41) is 3.54. The van der Waals surface area contributed by atoms with Crippen molar-refractivity contribution >= 4 is 28.4 Å². The lowest BCUT2D eigenvalue weighted by atomic mass is 10.1. The number of carbonyl (C=O) groups excluding carboxylic acids is 1. The van der Waals surface area contributed by atoms with Crippen LogP contribution in [-0.2, 0) is 0 Å². The zero-order chi connectivity index (χ0) is 22.2. The Bertz CT molecular complexity index is 1270. The Morgan fingerprint density at radius 2 is 1.84 bits per heavy atom. The zero-order valence-corrected chi connectivity index (χ0v) is 18.1. The van der Waals surface area contributed by atoms with Gasteiger partial charge in [-0.2, -0.15) is 0 Å². The van der Waals surface area contributed by atoms with Crippen molar-refractivity contribution in [3.63, 3.8) is 0 Å². The SMILES string of the molecule is Cc1ccc(C=CC(=O)c2cn(C3CC3)c3cc(N4CCNCC4)c(F)cc3c2=O)cc1. The van der Waals surface area contributed by atoms with Gasteiger partial charge in [0.05, 0.1) is 16.8 Å². The van der Waals surface area contributed by atoms with Crippen LogP contribution < -0.4 is 15.6 Å². The predicted molar refractivity (Wildman–Crippen MR) is 126 cm³/mol. The number of carbonyl (C=O) groups is 1. The second-order valence-electron chi connectivity index (χ2n) is 8.68. The topological polar surface area (TPSA) is 54.3 Å². The van der Waals surface area contributed by atoms with E-state index in [1.165, 1.54) is 12.1 Å². The van der Waals surface area contributed by atoms with Crippen LogP contribution in [0.2, 0.25) is 0 Å². The third-order valence-corrected chi connectivity index (χ3v) is 6.27. The summed E-state index contributed by atoms with van der Waals surface area (Å²) in [5.41, 5.74) is 2.91. The number of rotatable bonds is 5. The first kappa shape index (κ1) is 20.6. The number of halogens is 1. The molecule has 3 aromatic rings. The Kier molecular flexibility index (Phi) is 5.39. The fraction of sp³-hybridized carbons (Fsp3) is 0.308. The number of hydrogen-bond acceptors (Lipinski definition) is 4. The maximum Gasteiger partial charge on any atom is 0.200 e. The van der Waals surface area contributed by atoms with Crippen molar-refractivity contribution in [1.82, 2.24) is 9.88 Å². The van der Waals surface area contributed by atoms with E-state index in [1.54, 1.807) is 18.3 Å². The summed E-state index contributed by atoms with van der Waals surface area (Å²) in [6.45, 7) is 5.04. The first-order chi connectivity index (χ1) is 15.5. The van der Waals surface area contributed by atoms with E-state index in [0.29, 0.717) is 11.2 Å². The molecular formula is C26H26FN3O2. The average molecular weight is 432 g/mol. The van der Waals surface area contributed by atoms with Gasteiger partial charge in [0.25, 0.3) is 0 Å².